The van der Waals surface area contributed by atoms with Crippen molar-refractivity contribution in [3.63, 3.8) is 0 Å². The normalized spacial score (nSPS) is 11.9. The minimum atomic E-state index is -0.278. The summed E-state index contributed by atoms with van der Waals surface area (Å²) in [5, 5.41) is 7.46. The van der Waals surface area contributed by atoms with E-state index in [1.165, 1.54) is 11.8 Å². The fraction of sp³-hybridized carbons (Fsp3) is 0.211. The van der Waals surface area contributed by atoms with E-state index in [1.807, 2.05) is 74.5 Å². The zero-order valence-electron chi connectivity index (χ0n) is 14.2. The number of benzene rings is 2. The zero-order chi connectivity index (χ0) is 17.6. The molecular formula is C19H20N4OS. The number of hydrogen-bond acceptors (Lipinski definition) is 4. The van der Waals surface area contributed by atoms with E-state index >= 15 is 0 Å². The number of rotatable bonds is 6. The number of aromatic nitrogens is 3. The number of aromatic amines is 1. The van der Waals surface area contributed by atoms with Gasteiger partial charge in [-0.3, -0.25) is 9.89 Å². The topological polar surface area (TPSA) is 61.9 Å². The maximum atomic E-state index is 12.8. The summed E-state index contributed by atoms with van der Waals surface area (Å²) in [6.45, 7) is 4.48. The molecule has 0 aliphatic carbocycles. The second-order valence-electron chi connectivity index (χ2n) is 5.51. The molecule has 0 bridgehead atoms. The lowest BCUT2D eigenvalue weighted by molar-refractivity contribution is -0.117. The second kappa shape index (κ2) is 7.98. The summed E-state index contributed by atoms with van der Waals surface area (Å²) in [7, 11) is 0. The van der Waals surface area contributed by atoms with Crippen LogP contribution in [-0.4, -0.2) is 32.9 Å². The first-order valence-corrected chi connectivity index (χ1v) is 9.08. The van der Waals surface area contributed by atoms with Gasteiger partial charge in [0, 0.05) is 17.8 Å². The molecule has 0 fully saturated rings. The Morgan fingerprint density at radius 2 is 1.76 bits per heavy atom. The smallest absolute Gasteiger partial charge is 0.240 e. The minimum Gasteiger partial charge on any atom is -0.312 e. The van der Waals surface area contributed by atoms with E-state index in [-0.39, 0.29) is 11.2 Å². The first kappa shape index (κ1) is 17.2. The third-order valence-electron chi connectivity index (χ3n) is 3.79. The van der Waals surface area contributed by atoms with Gasteiger partial charge >= 0.3 is 0 Å². The van der Waals surface area contributed by atoms with Gasteiger partial charge in [-0.1, -0.05) is 60.3 Å². The van der Waals surface area contributed by atoms with Crippen LogP contribution in [0.1, 0.15) is 13.8 Å². The van der Waals surface area contributed by atoms with Crippen molar-refractivity contribution in [2.45, 2.75) is 24.3 Å². The van der Waals surface area contributed by atoms with Crippen LogP contribution < -0.4 is 4.90 Å². The van der Waals surface area contributed by atoms with Crippen LogP contribution in [-0.2, 0) is 4.79 Å². The molecule has 1 heterocycles. The fourth-order valence-corrected chi connectivity index (χ4v) is 3.31. The predicted octanol–water partition coefficient (Wildman–Crippen LogP) is 4.01. The molecule has 25 heavy (non-hydrogen) atoms. The number of para-hydroxylation sites is 1. The molecule has 0 aliphatic rings. The quantitative estimate of drug-likeness (QED) is 0.681. The highest BCUT2D eigenvalue weighted by molar-refractivity contribution is 8.00. The SMILES string of the molecule is CCN(C(=O)C(C)Sc1n[nH]c(-c2ccccc2)n1)c1ccccc1. The summed E-state index contributed by atoms with van der Waals surface area (Å²) in [5.41, 5.74) is 1.88. The van der Waals surface area contributed by atoms with Crippen molar-refractivity contribution >= 4 is 23.4 Å². The predicted molar refractivity (Wildman–Crippen MR) is 102 cm³/mol. The van der Waals surface area contributed by atoms with E-state index in [0.29, 0.717) is 17.5 Å². The Morgan fingerprint density at radius 1 is 1.12 bits per heavy atom. The molecule has 1 amide bonds. The van der Waals surface area contributed by atoms with Crippen molar-refractivity contribution in [1.82, 2.24) is 15.2 Å². The highest BCUT2D eigenvalue weighted by Crippen LogP contribution is 2.25. The van der Waals surface area contributed by atoms with Gasteiger partial charge in [-0.15, -0.1) is 5.10 Å². The third kappa shape index (κ3) is 4.09. The van der Waals surface area contributed by atoms with Gasteiger partial charge in [0.15, 0.2) is 5.82 Å². The van der Waals surface area contributed by atoms with Gasteiger partial charge in [-0.2, -0.15) is 0 Å². The molecule has 0 radical (unpaired) electrons. The molecule has 2 aromatic carbocycles. The monoisotopic (exact) mass is 352 g/mol. The van der Waals surface area contributed by atoms with Crippen LogP contribution in [0.15, 0.2) is 65.8 Å². The van der Waals surface area contributed by atoms with Gasteiger partial charge in [0.2, 0.25) is 11.1 Å². The van der Waals surface area contributed by atoms with Crippen LogP contribution in [0.2, 0.25) is 0 Å². The van der Waals surface area contributed by atoms with Gasteiger partial charge in [-0.25, -0.2) is 4.98 Å². The standard InChI is InChI=1S/C19H20N4OS/c1-3-23(16-12-8-5-9-13-16)18(24)14(2)25-19-20-17(21-22-19)15-10-6-4-7-11-15/h4-14H,3H2,1-2H3,(H,20,21,22). The Morgan fingerprint density at radius 3 is 2.40 bits per heavy atom. The lowest BCUT2D eigenvalue weighted by atomic mass is 10.2. The maximum Gasteiger partial charge on any atom is 0.240 e. The Labute approximate surface area is 151 Å². The number of H-pyrrole nitrogens is 1. The van der Waals surface area contributed by atoms with E-state index in [0.717, 1.165) is 11.3 Å². The highest BCUT2D eigenvalue weighted by Gasteiger charge is 2.23. The fourth-order valence-electron chi connectivity index (χ4n) is 2.53. The Kier molecular flexibility index (Phi) is 5.50. The van der Waals surface area contributed by atoms with E-state index in [1.54, 1.807) is 4.90 Å². The molecule has 0 saturated heterocycles. The number of carbonyl (C=O) groups is 1. The molecule has 0 spiro atoms. The summed E-state index contributed by atoms with van der Waals surface area (Å²) < 4.78 is 0. The number of hydrogen-bond donors (Lipinski definition) is 1. The lowest BCUT2D eigenvalue weighted by Crippen LogP contribution is -2.36. The molecule has 0 saturated carbocycles. The maximum absolute atomic E-state index is 12.8. The molecular weight excluding hydrogens is 332 g/mol. The van der Waals surface area contributed by atoms with Gasteiger partial charge in [-0.05, 0) is 26.0 Å². The zero-order valence-corrected chi connectivity index (χ0v) is 15.0. The molecule has 128 valence electrons. The summed E-state index contributed by atoms with van der Waals surface area (Å²) in [5.74, 6) is 0.753. The van der Waals surface area contributed by atoms with Gasteiger partial charge in [0.25, 0.3) is 0 Å². The Hall–Kier alpha value is -2.60. The average Bonchev–Trinajstić information content (AvgIpc) is 3.12. The van der Waals surface area contributed by atoms with Crippen molar-refractivity contribution in [3.05, 3.63) is 60.7 Å². The van der Waals surface area contributed by atoms with Gasteiger partial charge in [0.05, 0.1) is 5.25 Å². The number of nitrogens with one attached hydrogen (secondary N) is 1. The molecule has 3 rings (SSSR count). The van der Waals surface area contributed by atoms with Crippen molar-refractivity contribution in [3.8, 4) is 11.4 Å². The van der Waals surface area contributed by atoms with Crippen LogP contribution in [0.5, 0.6) is 0 Å². The first-order chi connectivity index (χ1) is 12.2. The van der Waals surface area contributed by atoms with Crippen molar-refractivity contribution in [2.24, 2.45) is 0 Å². The lowest BCUT2D eigenvalue weighted by Gasteiger charge is -2.23. The third-order valence-corrected chi connectivity index (χ3v) is 4.74. The second-order valence-corrected chi connectivity index (χ2v) is 6.82. The van der Waals surface area contributed by atoms with Gasteiger partial charge < -0.3 is 4.90 Å². The van der Waals surface area contributed by atoms with Crippen molar-refractivity contribution < 1.29 is 4.79 Å². The number of amides is 1. The molecule has 1 aromatic heterocycles. The van der Waals surface area contributed by atoms with Crippen LogP contribution in [0.3, 0.4) is 0 Å². The molecule has 1 N–H and O–H groups in total. The molecule has 6 heteroatoms. The highest BCUT2D eigenvalue weighted by atomic mass is 32.2. The van der Waals surface area contributed by atoms with E-state index in [9.17, 15) is 4.79 Å². The summed E-state index contributed by atoms with van der Waals surface area (Å²) >= 11 is 1.36. The molecule has 1 atom stereocenters. The molecule has 3 aromatic rings. The molecule has 5 nitrogen and oxygen atoms in total. The first-order valence-electron chi connectivity index (χ1n) is 8.20. The largest absolute Gasteiger partial charge is 0.312 e. The Balaban J connectivity index is 1.70. The van der Waals surface area contributed by atoms with Crippen molar-refractivity contribution in [2.75, 3.05) is 11.4 Å². The summed E-state index contributed by atoms with van der Waals surface area (Å²) in [6, 6.07) is 19.5. The Bertz CT molecular complexity index is 820. The minimum absolute atomic E-state index is 0.0461. The average molecular weight is 352 g/mol. The number of nitrogens with zero attached hydrogens (tertiary/aromatic N) is 3. The van der Waals surface area contributed by atoms with Gasteiger partial charge in [0.1, 0.15) is 0 Å². The summed E-state index contributed by atoms with van der Waals surface area (Å²) in [4.78, 5) is 19.1. The van der Waals surface area contributed by atoms with E-state index in [4.69, 9.17) is 0 Å². The molecule has 1 unspecified atom stereocenters. The van der Waals surface area contributed by atoms with Crippen molar-refractivity contribution in [1.29, 1.82) is 0 Å². The summed E-state index contributed by atoms with van der Waals surface area (Å²) in [6.07, 6.45) is 0. The number of thioether (sulfide) groups is 1. The molecule has 0 aliphatic heterocycles. The number of carbonyl (C=O) groups excluding carboxylic acids is 1. The van der Waals surface area contributed by atoms with Crippen LogP contribution in [0.4, 0.5) is 5.69 Å². The van der Waals surface area contributed by atoms with Crippen LogP contribution in [0.25, 0.3) is 11.4 Å². The van der Waals surface area contributed by atoms with Crippen LogP contribution in [0, 0.1) is 0 Å². The van der Waals surface area contributed by atoms with E-state index in [2.05, 4.69) is 15.2 Å². The van der Waals surface area contributed by atoms with E-state index < -0.39 is 0 Å². The number of anilines is 1. The van der Waals surface area contributed by atoms with Crippen LogP contribution >= 0.6 is 11.8 Å².